The average Bonchev–Trinajstić information content (AvgIpc) is 2.83. The molecule has 1 N–H and O–H groups in total. The molecule has 0 spiro atoms. The first-order valence-corrected chi connectivity index (χ1v) is 8.31. The fraction of sp³-hybridized carbons (Fsp3) is 0.875. The minimum Gasteiger partial charge on any atom is -0.339 e. The first kappa shape index (κ1) is 12.8. The first-order valence-electron chi connectivity index (χ1n) is 8.31. The van der Waals surface area contributed by atoms with E-state index >= 15 is 0 Å². The van der Waals surface area contributed by atoms with Crippen LogP contribution in [-0.2, 0) is 13.0 Å². The number of hydrogen-bond acceptors (Lipinski definition) is 4. The molecule has 110 valence electrons. The fourth-order valence-corrected chi connectivity index (χ4v) is 5.27. The van der Waals surface area contributed by atoms with Crippen molar-refractivity contribution < 1.29 is 4.52 Å². The van der Waals surface area contributed by atoms with Crippen LogP contribution in [0.15, 0.2) is 4.52 Å². The van der Waals surface area contributed by atoms with Crippen LogP contribution in [0.4, 0.5) is 0 Å². The van der Waals surface area contributed by atoms with Crippen LogP contribution in [0, 0.1) is 17.8 Å². The van der Waals surface area contributed by atoms with Crippen molar-refractivity contribution in [1.29, 1.82) is 0 Å². The molecule has 0 aromatic carbocycles. The monoisotopic (exact) mass is 275 g/mol. The highest BCUT2D eigenvalue weighted by molar-refractivity contribution is 5.06. The van der Waals surface area contributed by atoms with Gasteiger partial charge in [0.1, 0.15) is 0 Å². The largest absolute Gasteiger partial charge is 0.339 e. The summed E-state index contributed by atoms with van der Waals surface area (Å²) in [5, 5.41) is 7.92. The molecule has 20 heavy (non-hydrogen) atoms. The van der Waals surface area contributed by atoms with E-state index in [1.165, 1.54) is 38.5 Å². The fourth-order valence-electron chi connectivity index (χ4n) is 5.27. The van der Waals surface area contributed by atoms with Crippen LogP contribution in [0.2, 0.25) is 0 Å². The lowest BCUT2D eigenvalue weighted by molar-refractivity contribution is -0.0209. The Labute approximate surface area is 120 Å². The lowest BCUT2D eigenvalue weighted by Crippen LogP contribution is -2.58. The zero-order chi connectivity index (χ0) is 13.6. The molecular formula is C16H25N3O. The van der Waals surface area contributed by atoms with Crippen LogP contribution in [0.5, 0.6) is 0 Å². The van der Waals surface area contributed by atoms with Crippen molar-refractivity contribution in [2.45, 2.75) is 70.4 Å². The Kier molecular flexibility index (Phi) is 3.09. The van der Waals surface area contributed by atoms with Crippen molar-refractivity contribution in [1.82, 2.24) is 15.5 Å². The Morgan fingerprint density at radius 3 is 2.40 bits per heavy atom. The van der Waals surface area contributed by atoms with Gasteiger partial charge in [0.25, 0.3) is 0 Å². The molecule has 0 radical (unpaired) electrons. The van der Waals surface area contributed by atoms with Crippen LogP contribution in [0.3, 0.4) is 0 Å². The summed E-state index contributed by atoms with van der Waals surface area (Å²) in [5.41, 5.74) is 0.389. The number of aromatic nitrogens is 2. The molecule has 0 saturated heterocycles. The van der Waals surface area contributed by atoms with Crippen molar-refractivity contribution in [3.05, 3.63) is 11.7 Å². The third-order valence-corrected chi connectivity index (χ3v) is 5.63. The molecule has 4 aliphatic rings. The van der Waals surface area contributed by atoms with E-state index in [0.29, 0.717) is 5.54 Å². The van der Waals surface area contributed by atoms with Gasteiger partial charge in [-0.2, -0.15) is 4.98 Å². The van der Waals surface area contributed by atoms with Gasteiger partial charge in [0.05, 0.1) is 6.54 Å². The van der Waals surface area contributed by atoms with E-state index in [1.54, 1.807) is 0 Å². The molecule has 4 saturated carbocycles. The zero-order valence-electron chi connectivity index (χ0n) is 12.4. The molecule has 1 aromatic heterocycles. The number of rotatable bonds is 5. The van der Waals surface area contributed by atoms with Crippen molar-refractivity contribution >= 4 is 0 Å². The Balaban J connectivity index is 1.41. The summed E-state index contributed by atoms with van der Waals surface area (Å²) in [6.45, 7) is 2.91. The van der Waals surface area contributed by atoms with E-state index in [-0.39, 0.29) is 0 Å². The zero-order valence-corrected chi connectivity index (χ0v) is 12.4. The highest BCUT2D eigenvalue weighted by Crippen LogP contribution is 2.55. The van der Waals surface area contributed by atoms with Gasteiger partial charge in [-0.25, -0.2) is 0 Å². The summed E-state index contributed by atoms with van der Waals surface area (Å²) in [5.74, 6) is 4.57. The maximum atomic E-state index is 5.28. The lowest BCUT2D eigenvalue weighted by atomic mass is 9.53. The summed E-state index contributed by atoms with van der Waals surface area (Å²) in [6, 6.07) is 0. The van der Waals surface area contributed by atoms with Gasteiger partial charge in [-0.15, -0.1) is 0 Å². The standard InChI is InChI=1S/C16H25N3O/c1-2-3-15-18-14(19-20-15)10-17-16-7-11-4-12(8-16)6-13(5-11)9-16/h11-13,17H,2-10H2,1H3. The van der Waals surface area contributed by atoms with E-state index in [4.69, 9.17) is 4.52 Å². The third-order valence-electron chi connectivity index (χ3n) is 5.63. The molecule has 4 aliphatic carbocycles. The number of nitrogens with zero attached hydrogens (tertiary/aromatic N) is 2. The lowest BCUT2D eigenvalue weighted by Gasteiger charge is -2.57. The van der Waals surface area contributed by atoms with Crippen molar-refractivity contribution in [2.24, 2.45) is 17.8 Å². The molecule has 0 amide bonds. The molecule has 1 aromatic rings. The van der Waals surface area contributed by atoms with E-state index in [0.717, 1.165) is 48.9 Å². The molecular weight excluding hydrogens is 250 g/mol. The first-order chi connectivity index (χ1) is 9.75. The smallest absolute Gasteiger partial charge is 0.226 e. The Hall–Kier alpha value is -0.900. The molecule has 1 heterocycles. The van der Waals surface area contributed by atoms with Gasteiger partial charge in [0.15, 0.2) is 5.82 Å². The van der Waals surface area contributed by atoms with E-state index < -0.39 is 0 Å². The SMILES string of the molecule is CCCc1nc(CNC23CC4CC(CC(C4)C2)C3)no1. The van der Waals surface area contributed by atoms with E-state index in [1.807, 2.05) is 0 Å². The topological polar surface area (TPSA) is 51.0 Å². The second kappa shape index (κ2) is 4.83. The van der Waals surface area contributed by atoms with Gasteiger partial charge in [-0.3, -0.25) is 0 Å². The third kappa shape index (κ3) is 2.28. The summed E-state index contributed by atoms with van der Waals surface area (Å²) in [7, 11) is 0. The van der Waals surface area contributed by atoms with E-state index in [2.05, 4.69) is 22.4 Å². The molecule has 4 nitrogen and oxygen atoms in total. The average molecular weight is 275 g/mol. The van der Waals surface area contributed by atoms with Crippen LogP contribution in [0.25, 0.3) is 0 Å². The normalized spacial score (nSPS) is 38.5. The minimum absolute atomic E-state index is 0.389. The maximum absolute atomic E-state index is 5.28. The number of aryl methyl sites for hydroxylation is 1. The Morgan fingerprint density at radius 2 is 1.80 bits per heavy atom. The summed E-state index contributed by atoms with van der Waals surface area (Å²) >= 11 is 0. The van der Waals surface area contributed by atoms with Crippen LogP contribution in [-0.4, -0.2) is 15.7 Å². The second-order valence-electron chi connectivity index (χ2n) is 7.41. The number of nitrogens with one attached hydrogen (secondary N) is 1. The molecule has 4 bridgehead atoms. The molecule has 0 unspecified atom stereocenters. The summed E-state index contributed by atoms with van der Waals surface area (Å²) in [6.07, 6.45) is 10.5. The maximum Gasteiger partial charge on any atom is 0.226 e. The molecule has 4 fully saturated rings. The van der Waals surface area contributed by atoms with Gasteiger partial charge >= 0.3 is 0 Å². The summed E-state index contributed by atoms with van der Waals surface area (Å²) in [4.78, 5) is 4.48. The quantitative estimate of drug-likeness (QED) is 0.897. The van der Waals surface area contributed by atoms with Gasteiger partial charge in [0, 0.05) is 12.0 Å². The minimum atomic E-state index is 0.389. The van der Waals surface area contributed by atoms with Crippen LogP contribution < -0.4 is 5.32 Å². The van der Waals surface area contributed by atoms with Crippen molar-refractivity contribution in [3.8, 4) is 0 Å². The van der Waals surface area contributed by atoms with Gasteiger partial charge < -0.3 is 9.84 Å². The van der Waals surface area contributed by atoms with Gasteiger partial charge in [-0.1, -0.05) is 12.1 Å². The van der Waals surface area contributed by atoms with Crippen molar-refractivity contribution in [3.63, 3.8) is 0 Å². The number of hydrogen-bond donors (Lipinski definition) is 1. The Bertz CT molecular complexity index is 447. The van der Waals surface area contributed by atoms with Crippen LogP contribution in [0.1, 0.15) is 63.6 Å². The molecule has 0 aliphatic heterocycles. The predicted molar refractivity (Wildman–Crippen MR) is 76.0 cm³/mol. The van der Waals surface area contributed by atoms with Gasteiger partial charge in [-0.05, 0) is 62.7 Å². The van der Waals surface area contributed by atoms with Crippen LogP contribution >= 0.6 is 0 Å². The summed E-state index contributed by atoms with van der Waals surface area (Å²) < 4.78 is 5.28. The van der Waals surface area contributed by atoms with Crippen molar-refractivity contribution in [2.75, 3.05) is 0 Å². The van der Waals surface area contributed by atoms with Gasteiger partial charge in [0.2, 0.25) is 5.89 Å². The van der Waals surface area contributed by atoms with E-state index in [9.17, 15) is 0 Å². The highest BCUT2D eigenvalue weighted by Gasteiger charge is 2.50. The molecule has 5 rings (SSSR count). The second-order valence-corrected chi connectivity index (χ2v) is 7.41. The molecule has 0 atom stereocenters. The Morgan fingerprint density at radius 1 is 1.15 bits per heavy atom. The predicted octanol–water partition coefficient (Wildman–Crippen LogP) is 3.08. The molecule has 4 heteroatoms. The highest BCUT2D eigenvalue weighted by atomic mass is 16.5.